The van der Waals surface area contributed by atoms with E-state index in [0.717, 1.165) is 6.42 Å². The van der Waals surface area contributed by atoms with E-state index in [-0.39, 0.29) is 66.5 Å². The van der Waals surface area contributed by atoms with E-state index < -0.39 is 35.1 Å². The molecule has 2 atom stereocenters. The summed E-state index contributed by atoms with van der Waals surface area (Å²) in [7, 11) is 0. The summed E-state index contributed by atoms with van der Waals surface area (Å²) in [6.07, 6.45) is 8.83. The molecule has 21 nitrogen and oxygen atoms in total. The molecular formula is C33H55ClN8O13. The van der Waals surface area contributed by atoms with Crippen molar-refractivity contribution in [1.29, 1.82) is 0 Å². The molecule has 2 unspecified atom stereocenters. The van der Waals surface area contributed by atoms with Gasteiger partial charge in [0, 0.05) is 37.2 Å². The van der Waals surface area contributed by atoms with E-state index in [1.807, 2.05) is 25.1 Å². The van der Waals surface area contributed by atoms with E-state index in [4.69, 9.17) is 51.9 Å². The number of carbonyl (C=O) groups excluding carboxylic acids is 2. The lowest BCUT2D eigenvalue weighted by molar-refractivity contribution is -0.159. The molecule has 26 N–H and O–H groups in total. The van der Waals surface area contributed by atoms with Crippen LogP contribution < -0.4 is 42.8 Å². The molecule has 0 saturated heterocycles. The third-order valence-corrected chi connectivity index (χ3v) is 6.11. The second kappa shape index (κ2) is 40.8. The maximum Gasteiger partial charge on any atom is 0.414 e. The summed E-state index contributed by atoms with van der Waals surface area (Å²) >= 11 is 5.16. The van der Waals surface area contributed by atoms with Crippen LogP contribution in [0.4, 0.5) is 0 Å². The van der Waals surface area contributed by atoms with E-state index in [1.165, 1.54) is 24.5 Å². The van der Waals surface area contributed by atoms with Crippen molar-refractivity contribution >= 4 is 52.5 Å². The highest BCUT2D eigenvalue weighted by molar-refractivity contribution is 6.67. The van der Waals surface area contributed by atoms with Crippen molar-refractivity contribution in [2.75, 3.05) is 0 Å². The van der Waals surface area contributed by atoms with Crippen molar-refractivity contribution in [1.82, 2.24) is 41.9 Å². The van der Waals surface area contributed by atoms with Gasteiger partial charge in [0.15, 0.2) is 0 Å². The Labute approximate surface area is 322 Å². The van der Waals surface area contributed by atoms with Crippen LogP contribution in [0.5, 0.6) is 0 Å². The number of aliphatic carboxylic acids is 3. The van der Waals surface area contributed by atoms with Crippen LogP contribution in [0.1, 0.15) is 63.7 Å². The Balaban J connectivity index is -0.0000000822. The van der Waals surface area contributed by atoms with Crippen LogP contribution in [0.3, 0.4) is 0 Å². The van der Waals surface area contributed by atoms with Gasteiger partial charge in [-0.15, -0.1) is 0 Å². The van der Waals surface area contributed by atoms with E-state index in [2.05, 4.69) is 10.9 Å². The van der Waals surface area contributed by atoms with Crippen molar-refractivity contribution < 1.29 is 64.3 Å². The third-order valence-electron chi connectivity index (χ3n) is 5.89. The monoisotopic (exact) mass is 806 g/mol. The number of nitrogens with zero attached hydrogens (tertiary/aromatic N) is 1. The lowest BCUT2D eigenvalue weighted by atomic mass is 9.90. The van der Waals surface area contributed by atoms with Gasteiger partial charge < -0.3 is 67.6 Å². The fraction of sp³-hybridized carbons (Fsp3) is 0.212. The van der Waals surface area contributed by atoms with Crippen LogP contribution >= 0.6 is 11.6 Å². The van der Waals surface area contributed by atoms with Crippen molar-refractivity contribution in [3.8, 4) is 0 Å². The summed E-state index contributed by atoms with van der Waals surface area (Å²) in [5.41, 5.74) is 1.14. The first-order valence-electron chi connectivity index (χ1n) is 13.9. The summed E-state index contributed by atoms with van der Waals surface area (Å²) in [6, 6.07) is 19.9. The number of allylic oxidation sites excluding steroid dienone is 2. The van der Waals surface area contributed by atoms with Crippen LogP contribution in [0, 0.1) is 11.8 Å². The van der Waals surface area contributed by atoms with Gasteiger partial charge in [0.1, 0.15) is 5.78 Å². The van der Waals surface area contributed by atoms with Gasteiger partial charge in [0.25, 0.3) is 5.24 Å². The standard InChI is InChI=1S/C11H16O3.C7H5ClO.C7H6O2.C6H5NO2.C2H2O4.H3NO.6H3N/c1-2-3-4-8-5-10(12)6-9(8)7-11(13)14;2*8-7(9)6-4-2-1-3-5-6;8-6(9)5-1-3-7-4-2-5;3-1(4)2(5)6;1-2;;;;;;/h2-3,8-9H,4-7H2,1H3,(H,13,14);1-5H;1-5H,(H,8,9);1-4H,(H,8,9);(H,3,4)(H,5,6);2H,1H2;6*1H3/b3-2-;;;;;;;;;;;. The molecule has 0 bridgehead atoms. The molecular weight excluding hydrogens is 752 g/mol. The van der Waals surface area contributed by atoms with Crippen molar-refractivity contribution in [3.05, 3.63) is 114 Å². The number of hydrogen-bond acceptors (Lipinski definition) is 16. The zero-order valence-corrected chi connectivity index (χ0v) is 31.2. The van der Waals surface area contributed by atoms with Gasteiger partial charge >= 0.3 is 29.8 Å². The van der Waals surface area contributed by atoms with Crippen molar-refractivity contribution in [3.63, 3.8) is 0 Å². The minimum Gasteiger partial charge on any atom is -0.481 e. The number of halogens is 1. The SMILES string of the molecule is C/C=C\CC1CC(=O)CC1CC(=O)O.N.N.N.N.N.N.NO.O=C(Cl)c1ccccc1.O=C(O)C(=O)O.O=C(O)c1ccccc1.O=C(O)c1ccncc1. The average Bonchev–Trinajstić information content (AvgIpc) is 3.44. The third kappa shape index (κ3) is 34.8. The van der Waals surface area contributed by atoms with E-state index in [9.17, 15) is 24.0 Å². The number of ketones is 1. The van der Waals surface area contributed by atoms with Gasteiger partial charge in [-0.1, -0.05) is 60.7 Å². The maximum absolute atomic E-state index is 11.2. The number of hydrogen-bond donors (Lipinski definition) is 13. The molecule has 3 aromatic rings. The Morgan fingerprint density at radius 2 is 1.02 bits per heavy atom. The highest BCUT2D eigenvalue weighted by atomic mass is 35.5. The molecule has 0 amide bonds. The second-order valence-electron chi connectivity index (χ2n) is 9.33. The van der Waals surface area contributed by atoms with Crippen LogP contribution in [-0.2, 0) is 19.2 Å². The number of carbonyl (C=O) groups is 7. The number of aromatic nitrogens is 1. The fourth-order valence-corrected chi connectivity index (χ4v) is 3.82. The highest BCUT2D eigenvalue weighted by Crippen LogP contribution is 2.34. The van der Waals surface area contributed by atoms with Crippen LogP contribution in [-0.4, -0.2) is 76.6 Å². The Hall–Kier alpha value is -6.01. The Bertz CT molecular complexity index is 1380. The number of aromatic carboxylic acids is 2. The first-order chi connectivity index (χ1) is 23.2. The zero-order chi connectivity index (χ0) is 37.8. The van der Waals surface area contributed by atoms with Crippen LogP contribution in [0.15, 0.2) is 97.3 Å². The number of benzene rings is 2. The molecule has 1 saturated carbocycles. The molecule has 0 spiro atoms. The van der Waals surface area contributed by atoms with Crippen LogP contribution in [0.25, 0.3) is 0 Å². The number of Topliss-reactive ketones (excluding diaryl/α,β-unsaturated/α-hetero) is 1. The summed E-state index contributed by atoms with van der Waals surface area (Å²) in [4.78, 5) is 74.4. The molecule has 1 fully saturated rings. The number of rotatable bonds is 7. The molecule has 4 rings (SSSR count). The zero-order valence-electron chi connectivity index (χ0n) is 30.4. The maximum atomic E-state index is 11.2. The highest BCUT2D eigenvalue weighted by Gasteiger charge is 2.33. The molecule has 55 heavy (non-hydrogen) atoms. The molecule has 0 aliphatic heterocycles. The number of carboxylic acids is 5. The molecule has 1 aromatic heterocycles. The predicted molar refractivity (Wildman–Crippen MR) is 206 cm³/mol. The lowest BCUT2D eigenvalue weighted by Crippen LogP contribution is -2.12. The summed E-state index contributed by atoms with van der Waals surface area (Å²) < 4.78 is 0. The number of pyridine rings is 1. The molecule has 0 radical (unpaired) electrons. The van der Waals surface area contributed by atoms with Gasteiger partial charge in [-0.2, -0.15) is 0 Å². The molecule has 2 aromatic carbocycles. The molecule has 1 aliphatic carbocycles. The topological polar surface area (TPSA) is 490 Å². The molecule has 1 heterocycles. The first kappa shape index (κ1) is 67.2. The van der Waals surface area contributed by atoms with Gasteiger partial charge in [0.2, 0.25) is 0 Å². The Kier molecular flexibility index (Phi) is 49.8. The van der Waals surface area contributed by atoms with Crippen LogP contribution in [0.2, 0.25) is 0 Å². The predicted octanol–water partition coefficient (Wildman–Crippen LogP) is 5.71. The summed E-state index contributed by atoms with van der Waals surface area (Å²) in [5.74, 6) is -2.23. The van der Waals surface area contributed by atoms with Crippen molar-refractivity contribution in [2.24, 2.45) is 17.7 Å². The fourth-order valence-electron chi connectivity index (χ4n) is 3.70. The van der Waals surface area contributed by atoms with Gasteiger partial charge in [-0.3, -0.25) is 19.4 Å². The van der Waals surface area contributed by atoms with E-state index >= 15 is 0 Å². The van der Waals surface area contributed by atoms with E-state index in [0.29, 0.717) is 24.0 Å². The normalized spacial score (nSPS) is 12.3. The first-order valence-corrected chi connectivity index (χ1v) is 14.3. The second-order valence-corrected chi connectivity index (χ2v) is 9.68. The molecule has 22 heteroatoms. The Morgan fingerprint density at radius 1 is 0.655 bits per heavy atom. The van der Waals surface area contributed by atoms with Crippen molar-refractivity contribution in [2.45, 2.75) is 32.6 Å². The Morgan fingerprint density at radius 3 is 1.29 bits per heavy atom. The largest absolute Gasteiger partial charge is 0.481 e. The number of nitrogens with two attached hydrogens (primary N) is 1. The van der Waals surface area contributed by atoms with Gasteiger partial charge in [-0.05, 0) is 61.0 Å². The van der Waals surface area contributed by atoms with Gasteiger partial charge in [0.05, 0.1) is 11.1 Å². The van der Waals surface area contributed by atoms with Gasteiger partial charge in [-0.25, -0.2) is 25.1 Å². The summed E-state index contributed by atoms with van der Waals surface area (Å²) in [5, 5.41) is 46.3. The average molecular weight is 807 g/mol. The minimum absolute atomic E-state index is 0. The smallest absolute Gasteiger partial charge is 0.414 e. The minimum atomic E-state index is -1.82. The quantitative estimate of drug-likeness (QED) is 0.0587. The number of carboxylic acid groups (broad SMARTS) is 5. The van der Waals surface area contributed by atoms with E-state index in [1.54, 1.807) is 54.6 Å². The lowest BCUT2D eigenvalue weighted by Gasteiger charge is -2.14. The summed E-state index contributed by atoms with van der Waals surface area (Å²) in [6.45, 7) is 1.93. The molecule has 1 aliphatic rings. The molecule has 312 valence electrons.